The van der Waals surface area contributed by atoms with Gasteiger partial charge in [-0.3, -0.25) is 9.36 Å². The second-order valence-corrected chi connectivity index (χ2v) is 8.00. The molecule has 0 aliphatic heterocycles. The van der Waals surface area contributed by atoms with Gasteiger partial charge in [0.15, 0.2) is 5.16 Å². The maximum Gasteiger partial charge on any atom is 0.266 e. The summed E-state index contributed by atoms with van der Waals surface area (Å²) in [5.41, 5.74) is 4.57. The minimum atomic E-state index is -0.0534. The molecule has 30 heavy (non-hydrogen) atoms. The molecule has 0 bridgehead atoms. The fourth-order valence-corrected chi connectivity index (χ4v) is 4.41. The van der Waals surface area contributed by atoms with Crippen LogP contribution in [-0.2, 0) is 12.2 Å². The van der Waals surface area contributed by atoms with Crippen LogP contribution >= 0.6 is 11.8 Å². The van der Waals surface area contributed by atoms with Gasteiger partial charge in [-0.25, -0.2) is 9.97 Å². The molecule has 3 aromatic heterocycles. The number of imidazole rings is 1. The standard InChI is InChI=1S/C24H20N4OS/c1-2-17-10-12-19(13-11-17)28-23(29)20-7-3-4-8-21(20)26-24(28)30-16-18-15-27-14-6-5-9-22(27)25-18/h3-15H,2,16H2,1H3. The van der Waals surface area contributed by atoms with E-state index in [0.29, 0.717) is 21.8 Å². The van der Waals surface area contributed by atoms with Crippen LogP contribution in [0.25, 0.3) is 22.2 Å². The molecule has 5 nitrogen and oxygen atoms in total. The average Bonchev–Trinajstić information content (AvgIpc) is 3.21. The Morgan fingerprint density at radius 1 is 0.933 bits per heavy atom. The molecule has 0 saturated heterocycles. The van der Waals surface area contributed by atoms with Gasteiger partial charge in [-0.05, 0) is 48.4 Å². The zero-order chi connectivity index (χ0) is 20.5. The number of thioether (sulfide) groups is 1. The van der Waals surface area contributed by atoms with Crippen molar-refractivity contribution in [2.24, 2.45) is 0 Å². The van der Waals surface area contributed by atoms with Gasteiger partial charge in [0.05, 0.1) is 22.3 Å². The molecule has 0 radical (unpaired) electrons. The Hall–Kier alpha value is -3.38. The number of hydrogen-bond donors (Lipinski definition) is 0. The van der Waals surface area contributed by atoms with E-state index in [-0.39, 0.29) is 5.56 Å². The number of para-hydroxylation sites is 1. The number of rotatable bonds is 5. The van der Waals surface area contributed by atoms with Gasteiger partial charge in [0.2, 0.25) is 0 Å². The summed E-state index contributed by atoms with van der Waals surface area (Å²) >= 11 is 1.53. The predicted octanol–water partition coefficient (Wildman–Crippen LogP) is 4.89. The summed E-state index contributed by atoms with van der Waals surface area (Å²) in [5, 5.41) is 1.29. The van der Waals surface area contributed by atoms with Gasteiger partial charge in [0.1, 0.15) is 5.65 Å². The van der Waals surface area contributed by atoms with E-state index in [0.717, 1.165) is 23.4 Å². The predicted molar refractivity (Wildman–Crippen MR) is 121 cm³/mol. The third-order valence-electron chi connectivity index (χ3n) is 5.11. The maximum absolute atomic E-state index is 13.3. The van der Waals surface area contributed by atoms with E-state index < -0.39 is 0 Å². The second-order valence-electron chi connectivity index (χ2n) is 7.06. The summed E-state index contributed by atoms with van der Waals surface area (Å²) < 4.78 is 3.71. The Labute approximate surface area is 178 Å². The molecule has 5 rings (SSSR count). The topological polar surface area (TPSA) is 52.2 Å². The largest absolute Gasteiger partial charge is 0.307 e. The van der Waals surface area contributed by atoms with Crippen LogP contribution < -0.4 is 5.56 Å². The average molecular weight is 413 g/mol. The number of nitrogens with zero attached hydrogens (tertiary/aromatic N) is 4. The minimum Gasteiger partial charge on any atom is -0.307 e. The monoisotopic (exact) mass is 412 g/mol. The van der Waals surface area contributed by atoms with E-state index >= 15 is 0 Å². The van der Waals surface area contributed by atoms with Gasteiger partial charge >= 0.3 is 0 Å². The lowest BCUT2D eigenvalue weighted by Gasteiger charge is -2.13. The van der Waals surface area contributed by atoms with Gasteiger partial charge in [-0.1, -0.05) is 49.0 Å². The first kappa shape index (κ1) is 18.6. The van der Waals surface area contributed by atoms with Crippen LogP contribution in [0.5, 0.6) is 0 Å². The number of aryl methyl sites for hydroxylation is 1. The molecule has 2 aromatic carbocycles. The fraction of sp³-hybridized carbons (Fsp3) is 0.125. The van der Waals surface area contributed by atoms with Crippen molar-refractivity contribution in [2.75, 3.05) is 0 Å². The van der Waals surface area contributed by atoms with Gasteiger partial charge in [-0.15, -0.1) is 0 Å². The molecule has 0 spiro atoms. The summed E-state index contributed by atoms with van der Waals surface area (Å²) in [6, 6.07) is 21.5. The Balaban J connectivity index is 1.59. The van der Waals surface area contributed by atoms with Crippen LogP contribution in [0.2, 0.25) is 0 Å². The molecule has 0 amide bonds. The molecule has 0 N–H and O–H groups in total. The van der Waals surface area contributed by atoms with Crippen molar-refractivity contribution in [3.63, 3.8) is 0 Å². The van der Waals surface area contributed by atoms with Crippen molar-refractivity contribution in [1.29, 1.82) is 0 Å². The lowest BCUT2D eigenvalue weighted by atomic mass is 10.1. The molecule has 0 aliphatic rings. The lowest BCUT2D eigenvalue weighted by Crippen LogP contribution is -2.21. The Kier molecular flexibility index (Phi) is 4.85. The first-order chi connectivity index (χ1) is 14.7. The summed E-state index contributed by atoms with van der Waals surface area (Å²) in [4.78, 5) is 22.8. The van der Waals surface area contributed by atoms with E-state index in [4.69, 9.17) is 4.98 Å². The van der Waals surface area contributed by atoms with Crippen molar-refractivity contribution >= 4 is 28.3 Å². The molecule has 0 fully saturated rings. The number of fused-ring (bicyclic) bond motifs is 2. The molecular formula is C24H20N4OS. The van der Waals surface area contributed by atoms with Crippen molar-refractivity contribution in [3.8, 4) is 5.69 Å². The summed E-state index contributed by atoms with van der Waals surface area (Å²) in [6.45, 7) is 2.12. The summed E-state index contributed by atoms with van der Waals surface area (Å²) in [6.07, 6.45) is 4.96. The fourth-order valence-electron chi connectivity index (χ4n) is 3.51. The molecule has 0 unspecified atom stereocenters. The van der Waals surface area contributed by atoms with Crippen molar-refractivity contribution in [3.05, 3.63) is 101 Å². The zero-order valence-electron chi connectivity index (χ0n) is 16.5. The minimum absolute atomic E-state index is 0.0534. The van der Waals surface area contributed by atoms with Gasteiger partial charge in [0, 0.05) is 18.1 Å². The van der Waals surface area contributed by atoms with Crippen LogP contribution in [0, 0.1) is 0 Å². The number of aromatic nitrogens is 4. The van der Waals surface area contributed by atoms with Gasteiger partial charge < -0.3 is 4.40 Å². The highest BCUT2D eigenvalue weighted by atomic mass is 32.2. The Morgan fingerprint density at radius 3 is 2.53 bits per heavy atom. The van der Waals surface area contributed by atoms with Crippen LogP contribution in [0.1, 0.15) is 18.2 Å². The Bertz CT molecular complexity index is 1370. The number of hydrogen-bond acceptors (Lipinski definition) is 4. The third kappa shape index (κ3) is 3.39. The van der Waals surface area contributed by atoms with E-state index in [1.54, 1.807) is 4.57 Å². The molecular weight excluding hydrogens is 392 g/mol. The van der Waals surface area contributed by atoms with Gasteiger partial charge in [-0.2, -0.15) is 0 Å². The maximum atomic E-state index is 13.3. The van der Waals surface area contributed by atoms with Crippen LogP contribution in [0.3, 0.4) is 0 Å². The molecule has 0 atom stereocenters. The smallest absolute Gasteiger partial charge is 0.266 e. The van der Waals surface area contributed by atoms with Crippen LogP contribution in [0.15, 0.2) is 89.1 Å². The highest BCUT2D eigenvalue weighted by Gasteiger charge is 2.14. The van der Waals surface area contributed by atoms with Crippen LogP contribution in [-0.4, -0.2) is 18.9 Å². The molecule has 0 saturated carbocycles. The molecule has 0 aliphatic carbocycles. The molecule has 3 heterocycles. The Morgan fingerprint density at radius 2 is 1.73 bits per heavy atom. The molecule has 5 aromatic rings. The van der Waals surface area contributed by atoms with Gasteiger partial charge in [0.25, 0.3) is 5.56 Å². The molecule has 6 heteroatoms. The number of benzene rings is 2. The summed E-state index contributed by atoms with van der Waals surface area (Å²) in [5.74, 6) is 0.625. The van der Waals surface area contributed by atoms with Crippen molar-refractivity contribution in [1.82, 2.24) is 18.9 Å². The second kappa shape index (κ2) is 7.80. The first-order valence-electron chi connectivity index (χ1n) is 9.89. The van der Waals surface area contributed by atoms with E-state index in [2.05, 4.69) is 24.0 Å². The zero-order valence-corrected chi connectivity index (χ0v) is 17.3. The first-order valence-corrected chi connectivity index (χ1v) is 10.9. The third-order valence-corrected chi connectivity index (χ3v) is 6.08. The van der Waals surface area contributed by atoms with Crippen molar-refractivity contribution in [2.45, 2.75) is 24.3 Å². The van der Waals surface area contributed by atoms with E-state index in [1.165, 1.54) is 17.3 Å². The van der Waals surface area contributed by atoms with E-state index in [9.17, 15) is 4.79 Å². The lowest BCUT2D eigenvalue weighted by molar-refractivity contribution is 0.818. The van der Waals surface area contributed by atoms with E-state index in [1.807, 2.05) is 71.4 Å². The summed E-state index contributed by atoms with van der Waals surface area (Å²) in [7, 11) is 0. The normalized spacial score (nSPS) is 11.4. The highest BCUT2D eigenvalue weighted by molar-refractivity contribution is 7.98. The quantitative estimate of drug-likeness (QED) is 0.305. The highest BCUT2D eigenvalue weighted by Crippen LogP contribution is 2.25. The molecule has 148 valence electrons. The van der Waals surface area contributed by atoms with Crippen LogP contribution in [0.4, 0.5) is 0 Å². The SMILES string of the molecule is CCc1ccc(-n2c(SCc3cn4ccccc4n3)nc3ccccc3c2=O)cc1. The van der Waals surface area contributed by atoms with Crippen molar-refractivity contribution < 1.29 is 0 Å². The number of pyridine rings is 1.